The molecule has 0 atom stereocenters. The summed E-state index contributed by atoms with van der Waals surface area (Å²) >= 11 is 0. The molecule has 0 unspecified atom stereocenters. The average molecular weight is 314 g/mol. The van der Waals surface area contributed by atoms with E-state index < -0.39 is 4.92 Å². The zero-order valence-corrected chi connectivity index (χ0v) is 11.8. The van der Waals surface area contributed by atoms with Gasteiger partial charge in [0.25, 0.3) is 11.2 Å². The Hall–Kier alpha value is -3.56. The molecular weight excluding hydrogens is 304 g/mol. The molecule has 0 saturated heterocycles. The number of aryl methyl sites for hydroxylation is 1. The third-order valence-electron chi connectivity index (χ3n) is 3.05. The highest BCUT2D eigenvalue weighted by Crippen LogP contribution is 2.37. The maximum atomic E-state index is 11.3. The van der Waals surface area contributed by atoms with E-state index in [0.29, 0.717) is 16.6 Å². The van der Waals surface area contributed by atoms with Crippen LogP contribution in [-0.4, -0.2) is 25.0 Å². The van der Waals surface area contributed by atoms with Gasteiger partial charge in [-0.1, -0.05) is 0 Å². The minimum absolute atomic E-state index is 0.0212. The predicted molar refractivity (Wildman–Crippen MR) is 80.4 cm³/mol. The van der Waals surface area contributed by atoms with Gasteiger partial charge in [-0.3, -0.25) is 19.9 Å². The number of non-ortho nitro benzene ring substituents is 1. The summed E-state index contributed by atoms with van der Waals surface area (Å²) in [4.78, 5) is 30.6. The Balaban J connectivity index is 2.09. The van der Waals surface area contributed by atoms with Crippen molar-refractivity contribution >= 4 is 28.2 Å². The van der Waals surface area contributed by atoms with Crippen molar-refractivity contribution in [1.82, 2.24) is 15.0 Å². The Labute approximate surface area is 127 Å². The first-order chi connectivity index (χ1) is 10.9. The number of azo groups is 1. The van der Waals surface area contributed by atoms with Crippen molar-refractivity contribution in [3.05, 3.63) is 50.4 Å². The molecule has 3 aromatic rings. The molecule has 3 N–H and O–H groups in total. The number of rotatable bonds is 3. The van der Waals surface area contributed by atoms with Gasteiger partial charge in [0.15, 0.2) is 5.69 Å². The Morgan fingerprint density at radius 1 is 1.26 bits per heavy atom. The van der Waals surface area contributed by atoms with Gasteiger partial charge >= 0.3 is 0 Å². The molecule has 23 heavy (non-hydrogen) atoms. The summed E-state index contributed by atoms with van der Waals surface area (Å²) in [5.41, 5.74) is 0.419. The number of benzene rings is 1. The summed E-state index contributed by atoms with van der Waals surface area (Å²) in [6, 6.07) is 5.33. The molecule has 0 fully saturated rings. The standard InChI is InChI=1S/C13H10N6O4/c1-6-4-10(20)16-13(14-6)18-17-11-8-5-7(19(22)23)2-3-9(8)15-12(11)21/h2-5,15,21H,1H3,(H,14,16,20). The van der Waals surface area contributed by atoms with Gasteiger partial charge in [-0.15, -0.1) is 10.2 Å². The first-order valence-electron chi connectivity index (χ1n) is 6.43. The van der Waals surface area contributed by atoms with Gasteiger partial charge in [-0.25, -0.2) is 4.98 Å². The minimum atomic E-state index is -0.552. The van der Waals surface area contributed by atoms with Crippen LogP contribution in [0.1, 0.15) is 5.69 Å². The van der Waals surface area contributed by atoms with Crippen LogP contribution in [0.3, 0.4) is 0 Å². The number of hydrogen-bond acceptors (Lipinski definition) is 7. The van der Waals surface area contributed by atoms with E-state index in [9.17, 15) is 20.0 Å². The Morgan fingerprint density at radius 3 is 2.74 bits per heavy atom. The second-order valence-corrected chi connectivity index (χ2v) is 4.72. The van der Waals surface area contributed by atoms with Crippen LogP contribution >= 0.6 is 0 Å². The van der Waals surface area contributed by atoms with Crippen LogP contribution in [0.5, 0.6) is 5.88 Å². The number of nitrogens with zero attached hydrogens (tertiary/aromatic N) is 4. The van der Waals surface area contributed by atoms with E-state index in [-0.39, 0.29) is 28.8 Å². The number of aromatic nitrogens is 3. The summed E-state index contributed by atoms with van der Waals surface area (Å²) < 4.78 is 0. The molecule has 3 rings (SSSR count). The molecule has 0 aliphatic carbocycles. The predicted octanol–water partition coefficient (Wildman–Crippen LogP) is 2.59. The molecule has 116 valence electrons. The molecule has 0 radical (unpaired) electrons. The molecule has 0 aliphatic heterocycles. The zero-order valence-electron chi connectivity index (χ0n) is 11.8. The van der Waals surface area contributed by atoms with Crippen LogP contribution in [0.2, 0.25) is 0 Å². The highest BCUT2D eigenvalue weighted by Gasteiger charge is 2.15. The van der Waals surface area contributed by atoms with E-state index >= 15 is 0 Å². The van der Waals surface area contributed by atoms with Gasteiger partial charge < -0.3 is 10.1 Å². The Morgan fingerprint density at radius 2 is 2.04 bits per heavy atom. The third-order valence-corrected chi connectivity index (χ3v) is 3.05. The van der Waals surface area contributed by atoms with Crippen molar-refractivity contribution in [3.63, 3.8) is 0 Å². The second-order valence-electron chi connectivity index (χ2n) is 4.72. The van der Waals surface area contributed by atoms with Gasteiger partial charge in [-0.05, 0) is 13.0 Å². The second kappa shape index (κ2) is 5.33. The van der Waals surface area contributed by atoms with Crippen LogP contribution in [0.15, 0.2) is 39.3 Å². The maximum absolute atomic E-state index is 11.3. The first kappa shape index (κ1) is 14.4. The van der Waals surface area contributed by atoms with Crippen molar-refractivity contribution < 1.29 is 10.0 Å². The van der Waals surface area contributed by atoms with E-state index in [1.807, 2.05) is 0 Å². The molecule has 0 spiro atoms. The molecule has 0 aliphatic rings. The zero-order chi connectivity index (χ0) is 16.6. The lowest BCUT2D eigenvalue weighted by atomic mass is 10.2. The highest BCUT2D eigenvalue weighted by atomic mass is 16.6. The summed E-state index contributed by atoms with van der Waals surface area (Å²) in [6.45, 7) is 1.63. The fourth-order valence-corrected chi connectivity index (χ4v) is 2.07. The fraction of sp³-hybridized carbons (Fsp3) is 0.0769. The van der Waals surface area contributed by atoms with Crippen LogP contribution in [0.25, 0.3) is 10.9 Å². The van der Waals surface area contributed by atoms with Crippen LogP contribution < -0.4 is 5.56 Å². The van der Waals surface area contributed by atoms with Crippen molar-refractivity contribution in [3.8, 4) is 5.88 Å². The number of fused-ring (bicyclic) bond motifs is 1. The fourth-order valence-electron chi connectivity index (χ4n) is 2.07. The first-order valence-corrected chi connectivity index (χ1v) is 6.43. The van der Waals surface area contributed by atoms with E-state index in [1.165, 1.54) is 24.3 Å². The van der Waals surface area contributed by atoms with E-state index in [0.717, 1.165) is 0 Å². The lowest BCUT2D eigenvalue weighted by molar-refractivity contribution is -0.384. The lowest BCUT2D eigenvalue weighted by Crippen LogP contribution is -2.05. The molecular formula is C13H10N6O4. The van der Waals surface area contributed by atoms with Crippen LogP contribution in [0, 0.1) is 17.0 Å². The number of nitrogens with one attached hydrogen (secondary N) is 2. The number of hydrogen-bond donors (Lipinski definition) is 3. The van der Waals surface area contributed by atoms with E-state index in [1.54, 1.807) is 6.92 Å². The third kappa shape index (κ3) is 2.77. The van der Waals surface area contributed by atoms with Crippen molar-refractivity contribution in [2.75, 3.05) is 0 Å². The topological polar surface area (TPSA) is 150 Å². The van der Waals surface area contributed by atoms with Crippen molar-refractivity contribution in [1.29, 1.82) is 0 Å². The van der Waals surface area contributed by atoms with E-state index in [2.05, 4.69) is 25.2 Å². The largest absolute Gasteiger partial charge is 0.493 e. The number of aromatic amines is 2. The summed E-state index contributed by atoms with van der Waals surface area (Å²) in [5, 5.41) is 28.7. The van der Waals surface area contributed by atoms with Crippen LogP contribution in [0.4, 0.5) is 17.3 Å². The Kier molecular flexibility index (Phi) is 3.33. The minimum Gasteiger partial charge on any atom is -0.493 e. The molecule has 0 amide bonds. The lowest BCUT2D eigenvalue weighted by Gasteiger charge is -1.95. The molecule has 2 aromatic heterocycles. The molecule has 0 saturated carbocycles. The molecule has 1 aromatic carbocycles. The smallest absolute Gasteiger partial charge is 0.270 e. The number of nitro groups is 1. The van der Waals surface area contributed by atoms with Crippen molar-refractivity contribution in [2.45, 2.75) is 6.92 Å². The van der Waals surface area contributed by atoms with Gasteiger partial charge in [0.1, 0.15) is 0 Å². The number of aromatic hydroxyl groups is 1. The van der Waals surface area contributed by atoms with Crippen molar-refractivity contribution in [2.24, 2.45) is 10.2 Å². The molecule has 2 heterocycles. The van der Waals surface area contributed by atoms with Gasteiger partial charge in [0.05, 0.1) is 10.4 Å². The molecule has 10 heteroatoms. The monoisotopic (exact) mass is 314 g/mol. The van der Waals surface area contributed by atoms with Crippen LogP contribution in [-0.2, 0) is 0 Å². The van der Waals surface area contributed by atoms with E-state index in [4.69, 9.17) is 0 Å². The summed E-state index contributed by atoms with van der Waals surface area (Å²) in [6.07, 6.45) is 0. The van der Waals surface area contributed by atoms with Gasteiger partial charge in [0.2, 0.25) is 11.8 Å². The quantitative estimate of drug-likeness (QED) is 0.385. The van der Waals surface area contributed by atoms with Gasteiger partial charge in [-0.2, -0.15) is 0 Å². The summed E-state index contributed by atoms with van der Waals surface area (Å²) in [5.74, 6) is -0.326. The SMILES string of the molecule is Cc1cc(=O)[nH]c(N=Nc2c(O)[nH]c3ccc([N+](=O)[O-])cc23)n1. The highest BCUT2D eigenvalue weighted by molar-refractivity contribution is 5.95. The molecule has 10 nitrogen and oxygen atoms in total. The van der Waals surface area contributed by atoms with Gasteiger partial charge in [0, 0.05) is 29.3 Å². The Bertz CT molecular complexity index is 1000. The number of H-pyrrole nitrogens is 2. The maximum Gasteiger partial charge on any atom is 0.270 e. The normalized spacial score (nSPS) is 11.3. The number of nitro benzene ring substituents is 1. The average Bonchev–Trinajstić information content (AvgIpc) is 2.78. The molecule has 0 bridgehead atoms. The summed E-state index contributed by atoms with van der Waals surface area (Å²) in [7, 11) is 0.